The van der Waals surface area contributed by atoms with Crippen molar-refractivity contribution in [1.82, 2.24) is 4.90 Å². The highest BCUT2D eigenvalue weighted by Gasteiger charge is 2.25. The first kappa shape index (κ1) is 12.1. The second kappa shape index (κ2) is 5.29. The molecule has 1 aromatic rings. The standard InChI is InChI=1S/C13H18N2O2/c14-7-5-10-1-3-11(4-2-10)13(17)15-8-6-12(16)9-15/h1-4,12,16H,5-9,14H2/t12-/m0/s1. The molecule has 1 saturated heterocycles. The molecule has 1 aromatic carbocycles. The molecule has 92 valence electrons. The fourth-order valence-electron chi connectivity index (χ4n) is 2.09. The molecule has 0 aliphatic carbocycles. The molecule has 1 aliphatic rings. The van der Waals surface area contributed by atoms with Gasteiger partial charge in [0.1, 0.15) is 0 Å². The van der Waals surface area contributed by atoms with E-state index in [-0.39, 0.29) is 12.0 Å². The molecule has 0 bridgehead atoms. The van der Waals surface area contributed by atoms with Gasteiger partial charge in [-0.3, -0.25) is 4.79 Å². The lowest BCUT2D eigenvalue weighted by molar-refractivity contribution is 0.0765. The molecule has 1 heterocycles. The fourth-order valence-corrected chi connectivity index (χ4v) is 2.09. The lowest BCUT2D eigenvalue weighted by Crippen LogP contribution is -2.29. The molecule has 0 unspecified atom stereocenters. The second-order valence-electron chi connectivity index (χ2n) is 4.43. The minimum absolute atomic E-state index is 0.000786. The third kappa shape index (κ3) is 2.84. The summed E-state index contributed by atoms with van der Waals surface area (Å²) in [6.45, 7) is 1.71. The maximum absolute atomic E-state index is 12.1. The monoisotopic (exact) mass is 234 g/mol. The van der Waals surface area contributed by atoms with Crippen molar-refractivity contribution < 1.29 is 9.90 Å². The van der Waals surface area contributed by atoms with Gasteiger partial charge in [-0.2, -0.15) is 0 Å². The molecule has 0 radical (unpaired) electrons. The maximum atomic E-state index is 12.1. The third-order valence-electron chi connectivity index (χ3n) is 3.08. The van der Waals surface area contributed by atoms with Gasteiger partial charge in [-0.05, 0) is 37.1 Å². The Labute approximate surface area is 101 Å². The first-order valence-corrected chi connectivity index (χ1v) is 5.97. The van der Waals surface area contributed by atoms with Crippen LogP contribution in [0.5, 0.6) is 0 Å². The first-order chi connectivity index (χ1) is 8.20. The SMILES string of the molecule is NCCc1ccc(C(=O)N2CC[C@H](O)C2)cc1. The topological polar surface area (TPSA) is 66.6 Å². The van der Waals surface area contributed by atoms with Crippen molar-refractivity contribution in [1.29, 1.82) is 0 Å². The zero-order chi connectivity index (χ0) is 12.3. The molecule has 1 atom stereocenters. The van der Waals surface area contributed by atoms with Crippen LogP contribution in [0.3, 0.4) is 0 Å². The summed E-state index contributed by atoms with van der Waals surface area (Å²) in [6, 6.07) is 7.54. The summed E-state index contributed by atoms with van der Waals surface area (Å²) < 4.78 is 0. The van der Waals surface area contributed by atoms with Crippen molar-refractivity contribution in [2.24, 2.45) is 5.73 Å². The molecule has 4 heteroatoms. The zero-order valence-corrected chi connectivity index (χ0v) is 9.80. The maximum Gasteiger partial charge on any atom is 0.253 e. The number of amides is 1. The van der Waals surface area contributed by atoms with Gasteiger partial charge in [0.2, 0.25) is 0 Å². The third-order valence-corrected chi connectivity index (χ3v) is 3.08. The van der Waals surface area contributed by atoms with Crippen LogP contribution in [0.25, 0.3) is 0 Å². The highest BCUT2D eigenvalue weighted by Crippen LogP contribution is 2.14. The highest BCUT2D eigenvalue weighted by molar-refractivity contribution is 5.94. The fraction of sp³-hybridized carbons (Fsp3) is 0.462. The lowest BCUT2D eigenvalue weighted by atomic mass is 10.1. The van der Waals surface area contributed by atoms with E-state index in [4.69, 9.17) is 5.73 Å². The van der Waals surface area contributed by atoms with Crippen molar-refractivity contribution in [3.63, 3.8) is 0 Å². The summed E-state index contributed by atoms with van der Waals surface area (Å²) in [5, 5.41) is 9.40. The van der Waals surface area contributed by atoms with Crippen molar-refractivity contribution in [2.45, 2.75) is 18.9 Å². The summed E-state index contributed by atoms with van der Waals surface area (Å²) in [7, 11) is 0. The number of nitrogens with two attached hydrogens (primary N) is 1. The molecule has 4 nitrogen and oxygen atoms in total. The number of aliphatic hydroxyl groups is 1. The van der Waals surface area contributed by atoms with Crippen LogP contribution < -0.4 is 5.73 Å². The van der Waals surface area contributed by atoms with Crippen LogP contribution in [-0.4, -0.2) is 41.7 Å². The van der Waals surface area contributed by atoms with Crippen molar-refractivity contribution in [2.75, 3.05) is 19.6 Å². The Morgan fingerprint density at radius 3 is 2.65 bits per heavy atom. The molecule has 2 rings (SSSR count). The number of nitrogens with zero attached hydrogens (tertiary/aromatic N) is 1. The summed E-state index contributed by atoms with van der Waals surface area (Å²) in [4.78, 5) is 13.7. The van der Waals surface area contributed by atoms with Crippen LogP contribution in [0, 0.1) is 0 Å². The van der Waals surface area contributed by atoms with Crippen molar-refractivity contribution in [3.05, 3.63) is 35.4 Å². The number of hydrogen-bond donors (Lipinski definition) is 2. The number of carbonyl (C=O) groups is 1. The quantitative estimate of drug-likeness (QED) is 0.795. The van der Waals surface area contributed by atoms with Gasteiger partial charge in [-0.25, -0.2) is 0 Å². The lowest BCUT2D eigenvalue weighted by Gasteiger charge is -2.15. The van der Waals surface area contributed by atoms with Gasteiger partial charge in [0.25, 0.3) is 5.91 Å². The summed E-state index contributed by atoms with van der Waals surface area (Å²) >= 11 is 0. The largest absolute Gasteiger partial charge is 0.391 e. The van der Waals surface area contributed by atoms with Crippen LogP contribution in [0.1, 0.15) is 22.3 Å². The zero-order valence-electron chi connectivity index (χ0n) is 9.80. The van der Waals surface area contributed by atoms with Gasteiger partial charge in [0.15, 0.2) is 0 Å². The minimum Gasteiger partial charge on any atom is -0.391 e. The van der Waals surface area contributed by atoms with Gasteiger partial charge in [0.05, 0.1) is 6.10 Å². The number of likely N-dealkylation sites (tertiary alicyclic amines) is 1. The van der Waals surface area contributed by atoms with Crippen LogP contribution in [0.4, 0.5) is 0 Å². The van der Waals surface area contributed by atoms with E-state index in [0.29, 0.717) is 31.6 Å². The van der Waals surface area contributed by atoms with E-state index in [1.807, 2.05) is 24.3 Å². The van der Waals surface area contributed by atoms with E-state index in [1.54, 1.807) is 4.90 Å². The number of β-amino-alcohol motifs (C(OH)–C–C–N with tert-alkyl or cyclic N) is 1. The molecule has 1 aliphatic heterocycles. The van der Waals surface area contributed by atoms with Crippen LogP contribution in [-0.2, 0) is 6.42 Å². The summed E-state index contributed by atoms with van der Waals surface area (Å²) in [5.74, 6) is 0.000786. The van der Waals surface area contributed by atoms with Gasteiger partial charge in [-0.1, -0.05) is 12.1 Å². The Bertz CT molecular complexity index is 389. The van der Waals surface area contributed by atoms with Crippen molar-refractivity contribution >= 4 is 5.91 Å². The Balaban J connectivity index is 2.04. The molecular weight excluding hydrogens is 216 g/mol. The molecule has 1 fully saturated rings. The molecule has 1 amide bonds. The smallest absolute Gasteiger partial charge is 0.253 e. The van der Waals surface area contributed by atoms with E-state index in [1.165, 1.54) is 0 Å². The molecule has 0 spiro atoms. The predicted octanol–water partition coefficient (Wildman–Crippen LogP) is 0.395. The van der Waals surface area contributed by atoms with Gasteiger partial charge >= 0.3 is 0 Å². The Morgan fingerprint density at radius 2 is 2.12 bits per heavy atom. The molecule has 0 aromatic heterocycles. The normalized spacial score (nSPS) is 19.6. The van der Waals surface area contributed by atoms with E-state index < -0.39 is 0 Å². The Morgan fingerprint density at radius 1 is 1.41 bits per heavy atom. The average Bonchev–Trinajstić information content (AvgIpc) is 2.76. The minimum atomic E-state index is -0.365. The predicted molar refractivity (Wildman–Crippen MR) is 65.7 cm³/mol. The van der Waals surface area contributed by atoms with Crippen molar-refractivity contribution in [3.8, 4) is 0 Å². The Kier molecular flexibility index (Phi) is 3.76. The van der Waals surface area contributed by atoms with Crippen LogP contribution in [0.15, 0.2) is 24.3 Å². The van der Waals surface area contributed by atoms with Gasteiger partial charge < -0.3 is 15.7 Å². The highest BCUT2D eigenvalue weighted by atomic mass is 16.3. The van der Waals surface area contributed by atoms with Gasteiger partial charge in [-0.15, -0.1) is 0 Å². The summed E-state index contributed by atoms with van der Waals surface area (Å²) in [5.41, 5.74) is 7.29. The summed E-state index contributed by atoms with van der Waals surface area (Å²) in [6.07, 6.45) is 1.14. The second-order valence-corrected chi connectivity index (χ2v) is 4.43. The number of rotatable bonds is 3. The number of aliphatic hydroxyl groups excluding tert-OH is 1. The first-order valence-electron chi connectivity index (χ1n) is 5.97. The number of hydrogen-bond acceptors (Lipinski definition) is 3. The molecule has 3 N–H and O–H groups in total. The molecule has 0 saturated carbocycles. The molecule has 17 heavy (non-hydrogen) atoms. The molecular formula is C13H18N2O2. The van der Waals surface area contributed by atoms with Crippen LogP contribution >= 0.6 is 0 Å². The van der Waals surface area contributed by atoms with Gasteiger partial charge in [0, 0.05) is 18.7 Å². The van der Waals surface area contributed by atoms with E-state index in [0.717, 1.165) is 12.0 Å². The number of carbonyl (C=O) groups excluding carboxylic acids is 1. The van der Waals surface area contributed by atoms with E-state index in [9.17, 15) is 9.90 Å². The van der Waals surface area contributed by atoms with E-state index in [2.05, 4.69) is 0 Å². The Hall–Kier alpha value is -1.39. The van der Waals surface area contributed by atoms with Crippen LogP contribution in [0.2, 0.25) is 0 Å². The average molecular weight is 234 g/mol. The number of benzene rings is 1. The van der Waals surface area contributed by atoms with E-state index >= 15 is 0 Å².